The number of nitrogens with zero attached hydrogens (tertiary/aromatic N) is 1. The highest BCUT2D eigenvalue weighted by Crippen LogP contribution is 2.00. The van der Waals surface area contributed by atoms with Gasteiger partial charge in [-0.1, -0.05) is 35.5 Å². The molecule has 0 aliphatic heterocycles. The second kappa shape index (κ2) is 5.93. The zero-order chi connectivity index (χ0) is 11.1. The van der Waals surface area contributed by atoms with Crippen molar-refractivity contribution in [2.45, 2.75) is 13.3 Å². The van der Waals surface area contributed by atoms with E-state index in [-0.39, 0.29) is 12.4 Å². The number of benzene rings is 1. The maximum Gasteiger partial charge on any atom is 0.339 e. The molecule has 0 saturated carbocycles. The Morgan fingerprint density at radius 2 is 2.07 bits per heavy atom. The molecule has 0 unspecified atom stereocenters. The molecule has 0 fully saturated rings. The van der Waals surface area contributed by atoms with Gasteiger partial charge in [0.2, 0.25) is 0 Å². The number of hydrogen-bond donors (Lipinski definition) is 1. The van der Waals surface area contributed by atoms with Gasteiger partial charge in [-0.2, -0.15) is 0 Å². The Hall–Kier alpha value is -1.68. The summed E-state index contributed by atoms with van der Waals surface area (Å²) in [5.74, 6) is -0.381. The lowest BCUT2D eigenvalue weighted by molar-refractivity contribution is -0.142. The van der Waals surface area contributed by atoms with Crippen LogP contribution < -0.4 is 5.73 Å². The highest BCUT2D eigenvalue weighted by molar-refractivity contribution is 5.84. The van der Waals surface area contributed by atoms with Crippen LogP contribution in [0.25, 0.3) is 0 Å². The lowest BCUT2D eigenvalue weighted by Gasteiger charge is -1.99. The van der Waals surface area contributed by atoms with Crippen molar-refractivity contribution in [1.29, 1.82) is 0 Å². The van der Waals surface area contributed by atoms with Crippen LogP contribution in [0.4, 0.5) is 0 Å². The summed E-state index contributed by atoms with van der Waals surface area (Å²) < 4.78 is 0. The zero-order valence-corrected chi connectivity index (χ0v) is 8.64. The van der Waals surface area contributed by atoms with Crippen LogP contribution in [0.2, 0.25) is 0 Å². The molecule has 1 rings (SSSR count). The van der Waals surface area contributed by atoms with Crippen LogP contribution in [-0.4, -0.2) is 18.2 Å². The fourth-order valence-corrected chi connectivity index (χ4v) is 0.961. The third kappa shape index (κ3) is 4.37. The van der Waals surface area contributed by atoms with Gasteiger partial charge in [0.15, 0.2) is 0 Å². The summed E-state index contributed by atoms with van der Waals surface area (Å²) in [5, 5.41) is 3.58. The topological polar surface area (TPSA) is 64.7 Å². The Kier molecular flexibility index (Phi) is 4.50. The molecule has 4 heteroatoms. The van der Waals surface area contributed by atoms with Gasteiger partial charge < -0.3 is 10.6 Å². The SMILES string of the molecule is CC(CN)=NOC(=O)Cc1ccccc1. The summed E-state index contributed by atoms with van der Waals surface area (Å²) in [6.07, 6.45) is 0.224. The highest BCUT2D eigenvalue weighted by atomic mass is 16.7. The number of carbonyl (C=O) groups is 1. The lowest BCUT2D eigenvalue weighted by Crippen LogP contribution is -2.12. The first-order valence-electron chi connectivity index (χ1n) is 4.69. The van der Waals surface area contributed by atoms with Crippen LogP contribution in [0.15, 0.2) is 35.5 Å². The average molecular weight is 206 g/mol. The van der Waals surface area contributed by atoms with Crippen LogP contribution >= 0.6 is 0 Å². The normalized spacial score (nSPS) is 11.2. The standard InChI is InChI=1S/C11H14N2O2/c1-9(8-12)13-15-11(14)7-10-5-3-2-4-6-10/h2-6H,7-8,12H2,1H3. The first kappa shape index (κ1) is 11.4. The van der Waals surface area contributed by atoms with Gasteiger partial charge in [0, 0.05) is 6.54 Å². The van der Waals surface area contributed by atoms with Crippen LogP contribution in [0.1, 0.15) is 12.5 Å². The summed E-state index contributed by atoms with van der Waals surface area (Å²) in [7, 11) is 0. The molecule has 0 radical (unpaired) electrons. The van der Waals surface area contributed by atoms with E-state index in [1.165, 1.54) is 0 Å². The highest BCUT2D eigenvalue weighted by Gasteiger charge is 2.03. The monoisotopic (exact) mass is 206 g/mol. The minimum atomic E-state index is -0.381. The van der Waals surface area contributed by atoms with E-state index < -0.39 is 0 Å². The van der Waals surface area contributed by atoms with Gasteiger partial charge in [0.25, 0.3) is 0 Å². The summed E-state index contributed by atoms with van der Waals surface area (Å²) in [5.41, 5.74) is 6.79. The third-order valence-electron chi connectivity index (χ3n) is 1.79. The largest absolute Gasteiger partial charge is 0.339 e. The van der Waals surface area contributed by atoms with Crippen molar-refractivity contribution in [3.05, 3.63) is 35.9 Å². The van der Waals surface area contributed by atoms with E-state index in [0.717, 1.165) is 5.56 Å². The maximum absolute atomic E-state index is 11.3. The molecule has 80 valence electrons. The molecule has 0 atom stereocenters. The van der Waals surface area contributed by atoms with E-state index in [4.69, 9.17) is 5.73 Å². The van der Waals surface area contributed by atoms with Gasteiger partial charge in [0.1, 0.15) is 0 Å². The summed E-state index contributed by atoms with van der Waals surface area (Å²) in [4.78, 5) is 15.9. The second-order valence-electron chi connectivity index (χ2n) is 3.16. The summed E-state index contributed by atoms with van der Waals surface area (Å²) in [6, 6.07) is 9.36. The van der Waals surface area contributed by atoms with Crippen molar-refractivity contribution in [3.8, 4) is 0 Å². The van der Waals surface area contributed by atoms with E-state index in [1.807, 2.05) is 30.3 Å². The Morgan fingerprint density at radius 1 is 1.40 bits per heavy atom. The van der Waals surface area contributed by atoms with E-state index in [1.54, 1.807) is 6.92 Å². The first-order chi connectivity index (χ1) is 7.22. The Morgan fingerprint density at radius 3 is 2.67 bits per heavy atom. The molecule has 15 heavy (non-hydrogen) atoms. The van der Waals surface area contributed by atoms with Gasteiger partial charge in [-0.25, -0.2) is 4.79 Å². The molecule has 0 amide bonds. The van der Waals surface area contributed by atoms with Crippen LogP contribution in [-0.2, 0) is 16.1 Å². The minimum Gasteiger partial charge on any atom is -0.325 e. The fraction of sp³-hybridized carbons (Fsp3) is 0.273. The Balaban J connectivity index is 2.44. The van der Waals surface area contributed by atoms with Crippen molar-refractivity contribution in [1.82, 2.24) is 0 Å². The molecule has 0 aliphatic carbocycles. The van der Waals surface area contributed by atoms with Crippen molar-refractivity contribution < 1.29 is 9.63 Å². The van der Waals surface area contributed by atoms with Gasteiger partial charge in [-0.15, -0.1) is 0 Å². The van der Waals surface area contributed by atoms with E-state index >= 15 is 0 Å². The molecule has 0 aliphatic rings. The predicted octanol–water partition coefficient (Wildman–Crippen LogP) is 1.11. The number of rotatable bonds is 4. The molecule has 2 N–H and O–H groups in total. The molecule has 0 saturated heterocycles. The quantitative estimate of drug-likeness (QED) is 0.456. The first-order valence-corrected chi connectivity index (χ1v) is 4.69. The average Bonchev–Trinajstić information content (AvgIpc) is 2.27. The molecule has 4 nitrogen and oxygen atoms in total. The molecule has 0 bridgehead atoms. The van der Waals surface area contributed by atoms with E-state index in [0.29, 0.717) is 12.3 Å². The van der Waals surface area contributed by atoms with Crippen molar-refractivity contribution in [2.24, 2.45) is 10.9 Å². The zero-order valence-electron chi connectivity index (χ0n) is 8.64. The number of oxime groups is 1. The smallest absolute Gasteiger partial charge is 0.325 e. The van der Waals surface area contributed by atoms with Crippen LogP contribution in [0.5, 0.6) is 0 Å². The van der Waals surface area contributed by atoms with Gasteiger partial charge in [-0.3, -0.25) is 0 Å². The van der Waals surface area contributed by atoms with Crippen molar-refractivity contribution in [2.75, 3.05) is 6.54 Å². The van der Waals surface area contributed by atoms with E-state index in [9.17, 15) is 4.79 Å². The van der Waals surface area contributed by atoms with E-state index in [2.05, 4.69) is 9.99 Å². The summed E-state index contributed by atoms with van der Waals surface area (Å²) >= 11 is 0. The Bertz CT molecular complexity index is 347. The van der Waals surface area contributed by atoms with Gasteiger partial charge >= 0.3 is 5.97 Å². The molecule has 0 heterocycles. The number of hydrogen-bond acceptors (Lipinski definition) is 4. The predicted molar refractivity (Wildman–Crippen MR) is 58.4 cm³/mol. The van der Waals surface area contributed by atoms with Gasteiger partial charge in [-0.05, 0) is 12.5 Å². The lowest BCUT2D eigenvalue weighted by atomic mass is 10.2. The third-order valence-corrected chi connectivity index (χ3v) is 1.79. The summed E-state index contributed by atoms with van der Waals surface area (Å²) in [6.45, 7) is 1.99. The van der Waals surface area contributed by atoms with Crippen molar-refractivity contribution >= 4 is 11.7 Å². The fourth-order valence-electron chi connectivity index (χ4n) is 0.961. The molecule has 1 aromatic rings. The van der Waals surface area contributed by atoms with Gasteiger partial charge in [0.05, 0.1) is 12.1 Å². The molecule has 0 spiro atoms. The Labute approximate surface area is 88.7 Å². The molecule has 1 aromatic carbocycles. The van der Waals surface area contributed by atoms with Crippen LogP contribution in [0, 0.1) is 0 Å². The number of carbonyl (C=O) groups excluding carboxylic acids is 1. The van der Waals surface area contributed by atoms with Crippen LogP contribution in [0.3, 0.4) is 0 Å². The molecular formula is C11H14N2O2. The maximum atomic E-state index is 11.3. The molecular weight excluding hydrogens is 192 g/mol. The molecule has 0 aromatic heterocycles. The van der Waals surface area contributed by atoms with Crippen molar-refractivity contribution in [3.63, 3.8) is 0 Å². The minimum absolute atomic E-state index is 0.224. The second-order valence-corrected chi connectivity index (χ2v) is 3.16. The number of nitrogens with two attached hydrogens (primary N) is 1.